The van der Waals surface area contributed by atoms with Crippen molar-refractivity contribution < 1.29 is 23.8 Å². The van der Waals surface area contributed by atoms with E-state index in [1.54, 1.807) is 0 Å². The van der Waals surface area contributed by atoms with Crippen molar-refractivity contribution in [1.29, 1.82) is 0 Å². The minimum atomic E-state index is -1.33. The summed E-state index contributed by atoms with van der Waals surface area (Å²) in [6, 6.07) is 4.15. The number of hydrogen-bond donors (Lipinski definition) is 1. The van der Waals surface area contributed by atoms with Crippen LogP contribution in [-0.4, -0.2) is 39.6 Å². The number of nitrogens with zero attached hydrogens (tertiary/aromatic N) is 2. The van der Waals surface area contributed by atoms with Gasteiger partial charge in [-0.2, -0.15) is 0 Å². The van der Waals surface area contributed by atoms with Crippen molar-refractivity contribution in [2.75, 3.05) is 13.2 Å². The Morgan fingerprint density at radius 2 is 2.07 bits per heavy atom. The second-order valence-corrected chi connectivity index (χ2v) is 8.00. The number of carboxylic acids is 1. The van der Waals surface area contributed by atoms with Gasteiger partial charge in [0.25, 0.3) is 5.91 Å². The maximum absolute atomic E-state index is 13.4. The molecule has 0 atom stereocenters. The van der Waals surface area contributed by atoms with Gasteiger partial charge in [0.2, 0.25) is 5.43 Å². The largest absolute Gasteiger partial charge is 0.487 e. The summed E-state index contributed by atoms with van der Waals surface area (Å²) in [6.07, 6.45) is 1.49. The Hall–Kier alpha value is -2.39. The predicted octanol–water partition coefficient (Wildman–Crippen LogP) is 3.94. The first-order chi connectivity index (χ1) is 14.3. The number of amides is 1. The zero-order chi connectivity index (χ0) is 22.0. The van der Waals surface area contributed by atoms with Crippen LogP contribution in [0.4, 0.5) is 4.39 Å². The molecule has 3 rings (SSSR count). The average Bonchev–Trinajstić information content (AvgIpc) is 2.69. The number of aromatic nitrogens is 1. The molecule has 30 heavy (non-hydrogen) atoms. The first-order valence-electron chi connectivity index (χ1n) is 9.31. The predicted molar refractivity (Wildman–Crippen MR) is 112 cm³/mol. The maximum Gasteiger partial charge on any atom is 0.353 e. The number of hydrogen-bond acceptors (Lipinski definition) is 4. The Kier molecular flexibility index (Phi) is 6.82. The van der Waals surface area contributed by atoms with Gasteiger partial charge >= 0.3 is 5.97 Å². The SMILES string of the molecule is CCCCOc1c2n(c(C(=O)O)c(Br)c1=O)CCN(Cc1ccc(F)c(Cl)c1)C2=O. The molecule has 1 aromatic carbocycles. The fourth-order valence-corrected chi connectivity index (χ4v) is 4.01. The number of benzene rings is 1. The van der Waals surface area contributed by atoms with Crippen LogP contribution in [0.5, 0.6) is 5.75 Å². The van der Waals surface area contributed by atoms with Gasteiger partial charge in [-0.1, -0.05) is 31.0 Å². The third-order valence-corrected chi connectivity index (χ3v) is 5.78. The number of ether oxygens (including phenoxy) is 1. The second-order valence-electron chi connectivity index (χ2n) is 6.80. The molecule has 0 radical (unpaired) electrons. The van der Waals surface area contributed by atoms with Gasteiger partial charge < -0.3 is 19.3 Å². The Bertz CT molecular complexity index is 1070. The molecule has 1 aliphatic heterocycles. The van der Waals surface area contributed by atoms with Gasteiger partial charge in [0.1, 0.15) is 16.0 Å². The molecule has 10 heteroatoms. The zero-order valence-electron chi connectivity index (χ0n) is 16.1. The summed E-state index contributed by atoms with van der Waals surface area (Å²) in [5, 5.41) is 9.53. The van der Waals surface area contributed by atoms with Crippen LogP contribution >= 0.6 is 27.5 Å². The molecule has 2 heterocycles. The van der Waals surface area contributed by atoms with E-state index in [1.807, 2.05) is 6.92 Å². The van der Waals surface area contributed by atoms with Gasteiger partial charge in [-0.25, -0.2) is 9.18 Å². The molecule has 0 fully saturated rings. The molecule has 0 saturated carbocycles. The summed E-state index contributed by atoms with van der Waals surface area (Å²) in [5.41, 5.74) is -0.476. The second kappa shape index (κ2) is 9.18. The summed E-state index contributed by atoms with van der Waals surface area (Å²) < 4.78 is 20.2. The van der Waals surface area contributed by atoms with Crippen LogP contribution in [0.15, 0.2) is 27.5 Å². The molecule has 2 aromatic rings. The molecular formula is C20H19BrClFN2O5. The number of rotatable bonds is 7. The van der Waals surface area contributed by atoms with Crippen molar-refractivity contribution in [2.24, 2.45) is 0 Å². The van der Waals surface area contributed by atoms with Gasteiger partial charge in [0.15, 0.2) is 11.4 Å². The van der Waals surface area contributed by atoms with Crippen molar-refractivity contribution in [3.63, 3.8) is 0 Å². The summed E-state index contributed by atoms with van der Waals surface area (Å²) >= 11 is 8.88. The number of unbranched alkanes of at least 4 members (excludes halogenated alkanes) is 1. The van der Waals surface area contributed by atoms with E-state index in [4.69, 9.17) is 16.3 Å². The molecule has 1 N–H and O–H groups in total. The molecule has 160 valence electrons. The van der Waals surface area contributed by atoms with Crippen molar-refractivity contribution >= 4 is 39.4 Å². The minimum Gasteiger partial charge on any atom is -0.487 e. The normalized spacial score (nSPS) is 13.3. The first-order valence-corrected chi connectivity index (χ1v) is 10.5. The summed E-state index contributed by atoms with van der Waals surface area (Å²) in [6.45, 7) is 2.65. The van der Waals surface area contributed by atoms with Gasteiger partial charge in [-0.05, 0) is 40.0 Å². The van der Waals surface area contributed by atoms with Gasteiger partial charge in [0, 0.05) is 19.6 Å². The van der Waals surface area contributed by atoms with E-state index in [1.165, 1.54) is 27.7 Å². The van der Waals surface area contributed by atoms with Gasteiger partial charge in [-0.3, -0.25) is 9.59 Å². The van der Waals surface area contributed by atoms with Crippen LogP contribution in [0.3, 0.4) is 0 Å². The number of carbonyl (C=O) groups is 2. The molecule has 0 spiro atoms. The van der Waals surface area contributed by atoms with Gasteiger partial charge in [0.05, 0.1) is 11.6 Å². The Morgan fingerprint density at radius 1 is 1.33 bits per heavy atom. The number of pyridine rings is 1. The fourth-order valence-electron chi connectivity index (χ4n) is 3.25. The molecule has 0 saturated heterocycles. The number of aromatic carboxylic acids is 1. The van der Waals surface area contributed by atoms with Crippen LogP contribution in [0, 0.1) is 5.82 Å². The van der Waals surface area contributed by atoms with E-state index in [2.05, 4.69) is 15.9 Å². The molecule has 1 aliphatic rings. The maximum atomic E-state index is 13.4. The third kappa shape index (κ3) is 4.22. The van der Waals surface area contributed by atoms with Crippen LogP contribution in [0.2, 0.25) is 5.02 Å². The highest BCUT2D eigenvalue weighted by atomic mass is 79.9. The van der Waals surface area contributed by atoms with Crippen LogP contribution < -0.4 is 10.2 Å². The van der Waals surface area contributed by atoms with Crippen LogP contribution in [0.1, 0.15) is 46.3 Å². The number of halogens is 3. The smallest absolute Gasteiger partial charge is 0.353 e. The topological polar surface area (TPSA) is 88.8 Å². The van der Waals surface area contributed by atoms with E-state index in [0.717, 1.165) is 6.42 Å². The molecule has 0 aliphatic carbocycles. The van der Waals surface area contributed by atoms with Crippen LogP contribution in [-0.2, 0) is 13.1 Å². The first kappa shape index (κ1) is 22.3. The van der Waals surface area contributed by atoms with E-state index in [-0.39, 0.29) is 52.9 Å². The average molecular weight is 502 g/mol. The van der Waals surface area contributed by atoms with Crippen molar-refractivity contribution in [1.82, 2.24) is 9.47 Å². The van der Waals surface area contributed by atoms with E-state index in [0.29, 0.717) is 12.0 Å². The minimum absolute atomic E-state index is 0.0609. The zero-order valence-corrected chi connectivity index (χ0v) is 18.4. The molecule has 1 amide bonds. The molecule has 0 unspecified atom stereocenters. The number of carbonyl (C=O) groups excluding carboxylic acids is 1. The highest BCUT2D eigenvalue weighted by Crippen LogP contribution is 2.28. The Morgan fingerprint density at radius 3 is 2.70 bits per heavy atom. The van der Waals surface area contributed by atoms with Crippen molar-refractivity contribution in [2.45, 2.75) is 32.9 Å². The third-order valence-electron chi connectivity index (χ3n) is 4.76. The fraction of sp³-hybridized carbons (Fsp3) is 0.350. The highest BCUT2D eigenvalue weighted by Gasteiger charge is 2.34. The lowest BCUT2D eigenvalue weighted by molar-refractivity contribution is 0.0647. The molecule has 1 aromatic heterocycles. The van der Waals surface area contributed by atoms with Crippen molar-refractivity contribution in [3.8, 4) is 5.75 Å². The highest BCUT2D eigenvalue weighted by molar-refractivity contribution is 9.10. The standard InChI is InChI=1S/C20H19BrClFN2O5/c1-2-3-8-30-18-16-19(27)24(10-11-4-5-13(23)12(22)9-11)6-7-25(16)15(20(28)29)14(21)17(18)26/h4-5,9H,2-3,6-8,10H2,1H3,(H,28,29). The molecular weight excluding hydrogens is 483 g/mol. The molecule has 7 nitrogen and oxygen atoms in total. The van der Waals surface area contributed by atoms with E-state index >= 15 is 0 Å². The van der Waals surface area contributed by atoms with Gasteiger partial charge in [-0.15, -0.1) is 0 Å². The number of carboxylic acid groups (broad SMARTS) is 1. The number of fused-ring (bicyclic) bond motifs is 1. The summed E-state index contributed by atoms with van der Waals surface area (Å²) in [7, 11) is 0. The Labute approximate surface area is 185 Å². The Balaban J connectivity index is 2.05. The lowest BCUT2D eigenvalue weighted by Gasteiger charge is -2.32. The van der Waals surface area contributed by atoms with Crippen molar-refractivity contribution in [3.05, 3.63) is 60.7 Å². The summed E-state index contributed by atoms with van der Waals surface area (Å²) in [4.78, 5) is 39.2. The van der Waals surface area contributed by atoms with Crippen LogP contribution in [0.25, 0.3) is 0 Å². The monoisotopic (exact) mass is 500 g/mol. The lowest BCUT2D eigenvalue weighted by Crippen LogP contribution is -2.43. The lowest BCUT2D eigenvalue weighted by atomic mass is 10.1. The van der Waals surface area contributed by atoms with E-state index < -0.39 is 23.1 Å². The molecule has 0 bridgehead atoms. The van der Waals surface area contributed by atoms with E-state index in [9.17, 15) is 23.9 Å². The summed E-state index contributed by atoms with van der Waals surface area (Å²) in [5.74, 6) is -2.61. The quantitative estimate of drug-likeness (QED) is 0.581.